The number of benzene rings is 1. The Morgan fingerprint density at radius 3 is 2.81 bits per heavy atom. The van der Waals surface area contributed by atoms with E-state index in [1.165, 1.54) is 4.88 Å². The van der Waals surface area contributed by atoms with Crippen LogP contribution in [0.1, 0.15) is 53.3 Å². The van der Waals surface area contributed by atoms with E-state index in [0.29, 0.717) is 29.5 Å². The fourth-order valence-electron chi connectivity index (χ4n) is 4.14. The summed E-state index contributed by atoms with van der Waals surface area (Å²) in [4.78, 5) is 31.7. The summed E-state index contributed by atoms with van der Waals surface area (Å²) < 4.78 is 7.23. The number of hydrogen-bond acceptors (Lipinski definition) is 6. The first-order valence-electron chi connectivity index (χ1n) is 10.8. The Kier molecular flexibility index (Phi) is 6.25. The third-order valence-electron chi connectivity index (χ3n) is 5.94. The molecule has 4 rings (SSSR count). The smallest absolute Gasteiger partial charge is 0.262 e. The van der Waals surface area contributed by atoms with E-state index in [0.717, 1.165) is 35.0 Å². The van der Waals surface area contributed by atoms with Gasteiger partial charge >= 0.3 is 0 Å². The van der Waals surface area contributed by atoms with E-state index in [1.807, 2.05) is 6.92 Å². The molecule has 7 heteroatoms. The highest BCUT2D eigenvalue weighted by Gasteiger charge is 2.24. The average Bonchev–Trinajstić information content (AvgIpc) is 3.12. The molecule has 0 unspecified atom stereocenters. The summed E-state index contributed by atoms with van der Waals surface area (Å²) >= 11 is 1.64. The van der Waals surface area contributed by atoms with E-state index < -0.39 is 6.10 Å². The van der Waals surface area contributed by atoms with Crippen LogP contribution in [0, 0.1) is 12.8 Å². The maximum Gasteiger partial charge on any atom is 0.262 e. The zero-order valence-electron chi connectivity index (χ0n) is 18.2. The van der Waals surface area contributed by atoms with Crippen molar-refractivity contribution in [1.29, 1.82) is 0 Å². The topological polar surface area (TPSA) is 81.4 Å². The number of fused-ring (bicyclic) bond motifs is 3. The molecular weight excluding hydrogens is 412 g/mol. The monoisotopic (exact) mass is 440 g/mol. The van der Waals surface area contributed by atoms with Crippen molar-refractivity contribution >= 4 is 27.3 Å². The minimum absolute atomic E-state index is 0.0459. The van der Waals surface area contributed by atoms with Crippen LogP contribution in [0.15, 0.2) is 29.1 Å². The molecule has 31 heavy (non-hydrogen) atoms. The Hall–Kier alpha value is -2.51. The average molecular weight is 441 g/mol. The van der Waals surface area contributed by atoms with Crippen molar-refractivity contribution < 1.29 is 14.6 Å². The van der Waals surface area contributed by atoms with E-state index in [-0.39, 0.29) is 24.5 Å². The second-order valence-corrected chi connectivity index (χ2v) is 9.46. The predicted octanol–water partition coefficient (Wildman–Crippen LogP) is 3.92. The molecule has 0 aliphatic heterocycles. The van der Waals surface area contributed by atoms with Crippen molar-refractivity contribution in [2.75, 3.05) is 6.61 Å². The number of aryl methyl sites for hydroxylation is 2. The molecule has 164 valence electrons. The summed E-state index contributed by atoms with van der Waals surface area (Å²) in [5, 5.41) is 11.2. The van der Waals surface area contributed by atoms with Crippen molar-refractivity contribution in [3.63, 3.8) is 0 Å². The van der Waals surface area contributed by atoms with Gasteiger partial charge in [0.1, 0.15) is 29.1 Å². The number of hydrogen-bond donors (Lipinski definition) is 1. The SMILES string of the molecule is CCC(=O)c1ccc(OC[C@H](O)Cn2c(C)nc3sc4c(c3c2=O)CC[C@@H](C)C4)cc1. The van der Waals surface area contributed by atoms with Crippen molar-refractivity contribution in [1.82, 2.24) is 9.55 Å². The third kappa shape index (κ3) is 4.43. The van der Waals surface area contributed by atoms with Gasteiger partial charge in [-0.05, 0) is 61.9 Å². The second kappa shape index (κ2) is 8.93. The van der Waals surface area contributed by atoms with Gasteiger partial charge in [-0.25, -0.2) is 4.98 Å². The van der Waals surface area contributed by atoms with Crippen molar-refractivity contribution in [2.45, 2.75) is 59.1 Å². The fourth-order valence-corrected chi connectivity index (χ4v) is 5.56. The highest BCUT2D eigenvalue weighted by atomic mass is 32.1. The molecule has 2 aromatic heterocycles. The molecule has 0 spiro atoms. The van der Waals surface area contributed by atoms with Gasteiger partial charge in [0.05, 0.1) is 11.9 Å². The zero-order chi connectivity index (χ0) is 22.1. The molecule has 1 aliphatic carbocycles. The molecule has 0 radical (unpaired) electrons. The molecule has 6 nitrogen and oxygen atoms in total. The van der Waals surface area contributed by atoms with Gasteiger partial charge in [-0.2, -0.15) is 0 Å². The number of ketones is 1. The first-order chi connectivity index (χ1) is 14.9. The third-order valence-corrected chi connectivity index (χ3v) is 7.09. The molecule has 0 saturated carbocycles. The Labute approximate surface area is 185 Å². The summed E-state index contributed by atoms with van der Waals surface area (Å²) in [6, 6.07) is 6.89. The van der Waals surface area contributed by atoms with Crippen LogP contribution in [0.25, 0.3) is 10.2 Å². The minimum Gasteiger partial charge on any atom is -0.491 e. The van der Waals surface area contributed by atoms with Crippen LogP contribution in [0.5, 0.6) is 5.75 Å². The Bertz CT molecular complexity index is 1160. The lowest BCUT2D eigenvalue weighted by Crippen LogP contribution is -2.32. The molecule has 1 aliphatic rings. The molecule has 0 amide bonds. The number of aromatic nitrogens is 2. The molecule has 3 aromatic rings. The van der Waals surface area contributed by atoms with E-state index in [9.17, 15) is 14.7 Å². The van der Waals surface area contributed by atoms with Gasteiger partial charge in [-0.3, -0.25) is 14.2 Å². The van der Waals surface area contributed by atoms with E-state index in [2.05, 4.69) is 11.9 Å². The first-order valence-corrected chi connectivity index (χ1v) is 11.6. The van der Waals surface area contributed by atoms with Crippen LogP contribution < -0.4 is 10.3 Å². The normalized spacial score (nSPS) is 16.8. The first kappa shape index (κ1) is 21.7. The molecule has 0 fully saturated rings. The van der Waals surface area contributed by atoms with E-state index >= 15 is 0 Å². The fraction of sp³-hybridized carbons (Fsp3) is 0.458. The number of carbonyl (C=O) groups excluding carboxylic acids is 1. The van der Waals surface area contributed by atoms with Gasteiger partial charge < -0.3 is 9.84 Å². The summed E-state index contributed by atoms with van der Waals surface area (Å²) in [7, 11) is 0. The van der Waals surface area contributed by atoms with Crippen LogP contribution in [0.3, 0.4) is 0 Å². The van der Waals surface area contributed by atoms with Crippen LogP contribution in [0.2, 0.25) is 0 Å². The van der Waals surface area contributed by atoms with Crippen molar-refractivity contribution in [3.8, 4) is 5.75 Å². The Morgan fingerprint density at radius 2 is 2.10 bits per heavy atom. The van der Waals surface area contributed by atoms with Crippen LogP contribution in [0.4, 0.5) is 0 Å². The van der Waals surface area contributed by atoms with Gasteiger partial charge in [0.2, 0.25) is 0 Å². The van der Waals surface area contributed by atoms with Crippen molar-refractivity contribution in [2.24, 2.45) is 5.92 Å². The number of Topliss-reactive ketones (excluding diaryl/α,β-unsaturated/α-hetero) is 1. The molecule has 1 N–H and O–H groups in total. The largest absolute Gasteiger partial charge is 0.491 e. The lowest BCUT2D eigenvalue weighted by molar-refractivity contribution is 0.0907. The summed E-state index contributed by atoms with van der Waals surface area (Å²) in [5.41, 5.74) is 1.72. The maximum atomic E-state index is 13.2. The quantitative estimate of drug-likeness (QED) is 0.563. The second-order valence-electron chi connectivity index (χ2n) is 8.37. The van der Waals surface area contributed by atoms with Gasteiger partial charge in [0.25, 0.3) is 5.56 Å². The molecule has 0 saturated heterocycles. The van der Waals surface area contributed by atoms with Gasteiger partial charge in [-0.1, -0.05) is 13.8 Å². The van der Waals surface area contributed by atoms with Gasteiger partial charge in [0, 0.05) is 16.9 Å². The highest BCUT2D eigenvalue weighted by molar-refractivity contribution is 7.18. The highest BCUT2D eigenvalue weighted by Crippen LogP contribution is 2.35. The molecule has 2 heterocycles. The van der Waals surface area contributed by atoms with Crippen LogP contribution in [-0.4, -0.2) is 33.2 Å². The maximum absolute atomic E-state index is 13.2. The zero-order valence-corrected chi connectivity index (χ0v) is 19.0. The Morgan fingerprint density at radius 1 is 1.35 bits per heavy atom. The van der Waals surface area contributed by atoms with Gasteiger partial charge in [-0.15, -0.1) is 11.3 Å². The predicted molar refractivity (Wildman–Crippen MR) is 122 cm³/mol. The minimum atomic E-state index is -0.859. The van der Waals surface area contributed by atoms with Crippen LogP contribution in [-0.2, 0) is 19.4 Å². The Balaban J connectivity index is 1.49. The lowest BCUT2D eigenvalue weighted by atomic mass is 9.89. The van der Waals surface area contributed by atoms with Gasteiger partial charge in [0.15, 0.2) is 5.78 Å². The molecular formula is C24H28N2O4S. The number of thiophene rings is 1. The standard InChI is InChI=1S/C24H28N2O4S/c1-4-20(28)16-6-8-18(9-7-16)30-13-17(27)12-26-15(3)25-23-22(24(26)29)19-10-5-14(2)11-21(19)31-23/h6-9,14,17,27H,4-5,10-13H2,1-3H3/t14-,17-/m1/s1. The summed E-state index contributed by atoms with van der Waals surface area (Å²) in [6.45, 7) is 6.05. The number of carbonyl (C=O) groups is 1. The summed E-state index contributed by atoms with van der Waals surface area (Å²) in [5.74, 6) is 1.89. The molecule has 1 aromatic carbocycles. The summed E-state index contributed by atoms with van der Waals surface area (Å²) in [6.07, 6.45) is 2.61. The van der Waals surface area contributed by atoms with E-state index in [1.54, 1.807) is 47.1 Å². The number of aliphatic hydroxyl groups is 1. The lowest BCUT2D eigenvalue weighted by Gasteiger charge is -2.18. The van der Waals surface area contributed by atoms with Crippen LogP contribution >= 0.6 is 11.3 Å². The number of ether oxygens (including phenoxy) is 1. The molecule has 0 bridgehead atoms. The number of rotatable bonds is 7. The number of nitrogens with zero attached hydrogens (tertiary/aromatic N) is 2. The number of aliphatic hydroxyl groups excluding tert-OH is 1. The van der Waals surface area contributed by atoms with Crippen molar-refractivity contribution in [3.05, 3.63) is 56.4 Å². The van der Waals surface area contributed by atoms with E-state index in [4.69, 9.17) is 4.74 Å². The molecule has 2 atom stereocenters.